The van der Waals surface area contributed by atoms with Crippen LogP contribution in [0.15, 0.2) is 36.5 Å². The fraction of sp³-hybridized carbons (Fsp3) is 0.318. The average Bonchev–Trinajstić information content (AvgIpc) is 3.40. The number of aromatic nitrogens is 6. The van der Waals surface area contributed by atoms with E-state index < -0.39 is 0 Å². The predicted molar refractivity (Wildman–Crippen MR) is 117 cm³/mol. The molecule has 0 saturated carbocycles. The Morgan fingerprint density at radius 1 is 1.19 bits per heavy atom. The summed E-state index contributed by atoms with van der Waals surface area (Å²) in [5.41, 5.74) is 2.52. The summed E-state index contributed by atoms with van der Waals surface area (Å²) in [5, 5.41) is 20.2. The number of hydrogen-bond acceptors (Lipinski definition) is 7. The number of anilines is 1. The van der Waals surface area contributed by atoms with E-state index in [1.54, 1.807) is 28.6 Å². The predicted octanol–water partition coefficient (Wildman–Crippen LogP) is 2.89. The summed E-state index contributed by atoms with van der Waals surface area (Å²) in [6, 6.07) is 9.42. The molecule has 0 aliphatic carbocycles. The molecule has 164 valence electrons. The number of carbonyl (C=O) groups excluding carboxylic acids is 1. The third kappa shape index (κ3) is 3.33. The quantitative estimate of drug-likeness (QED) is 0.498. The molecule has 10 nitrogen and oxygen atoms in total. The number of ether oxygens (including phenoxy) is 2. The molecule has 3 aromatic heterocycles. The van der Waals surface area contributed by atoms with Gasteiger partial charge in [0.1, 0.15) is 5.82 Å². The van der Waals surface area contributed by atoms with E-state index in [1.807, 2.05) is 31.2 Å². The molecule has 1 aromatic carbocycles. The molecule has 0 spiro atoms. The van der Waals surface area contributed by atoms with Crippen molar-refractivity contribution < 1.29 is 14.3 Å². The molecule has 0 saturated heterocycles. The molecule has 1 aliphatic rings. The highest BCUT2D eigenvalue weighted by Gasteiger charge is 2.31. The molecule has 1 unspecified atom stereocenters. The van der Waals surface area contributed by atoms with E-state index >= 15 is 0 Å². The van der Waals surface area contributed by atoms with Crippen LogP contribution in [0.5, 0.6) is 11.5 Å². The van der Waals surface area contributed by atoms with Gasteiger partial charge in [0.05, 0.1) is 19.9 Å². The van der Waals surface area contributed by atoms with Crippen LogP contribution < -0.4 is 14.8 Å². The van der Waals surface area contributed by atoms with Crippen molar-refractivity contribution in [3.05, 3.63) is 53.5 Å². The zero-order valence-corrected chi connectivity index (χ0v) is 18.1. The van der Waals surface area contributed by atoms with Gasteiger partial charge in [0.2, 0.25) is 5.91 Å². The van der Waals surface area contributed by atoms with Crippen molar-refractivity contribution in [1.29, 1.82) is 0 Å². The van der Waals surface area contributed by atoms with Crippen LogP contribution in [0.2, 0.25) is 0 Å². The number of hydrogen-bond donors (Lipinski definition) is 1. The highest BCUT2D eigenvalue weighted by molar-refractivity contribution is 5.94. The van der Waals surface area contributed by atoms with Crippen LogP contribution in [-0.2, 0) is 4.79 Å². The number of methoxy groups -OCH3 is 1. The van der Waals surface area contributed by atoms with E-state index in [0.29, 0.717) is 47.6 Å². The summed E-state index contributed by atoms with van der Waals surface area (Å²) in [5.74, 6) is 2.92. The zero-order valence-electron chi connectivity index (χ0n) is 18.1. The average molecular weight is 433 g/mol. The maximum atomic E-state index is 12.6. The minimum atomic E-state index is -0.165. The van der Waals surface area contributed by atoms with E-state index in [1.165, 1.54) is 0 Å². The van der Waals surface area contributed by atoms with Gasteiger partial charge in [-0.15, -0.1) is 15.3 Å². The smallest absolute Gasteiger partial charge is 0.226 e. The molecular formula is C22H23N7O3. The number of aryl methyl sites for hydroxylation is 1. The van der Waals surface area contributed by atoms with Gasteiger partial charge in [0, 0.05) is 17.9 Å². The summed E-state index contributed by atoms with van der Waals surface area (Å²) in [7, 11) is 1.61. The Hall–Kier alpha value is -3.95. The first kappa shape index (κ1) is 20.0. The number of fused-ring (bicyclic) bond motifs is 2. The van der Waals surface area contributed by atoms with Crippen LogP contribution in [0, 0.1) is 6.92 Å². The van der Waals surface area contributed by atoms with Crippen molar-refractivity contribution >= 4 is 17.4 Å². The first-order valence-corrected chi connectivity index (χ1v) is 10.5. The van der Waals surface area contributed by atoms with Gasteiger partial charge in [-0.05, 0) is 43.2 Å². The van der Waals surface area contributed by atoms with Crippen molar-refractivity contribution in [2.45, 2.75) is 32.6 Å². The Morgan fingerprint density at radius 3 is 2.88 bits per heavy atom. The topological polar surface area (TPSA) is 108 Å². The lowest BCUT2D eigenvalue weighted by Crippen LogP contribution is -2.25. The van der Waals surface area contributed by atoms with Gasteiger partial charge < -0.3 is 14.8 Å². The molecule has 5 rings (SSSR count). The summed E-state index contributed by atoms with van der Waals surface area (Å²) < 4.78 is 14.6. The Morgan fingerprint density at radius 2 is 2.06 bits per heavy atom. The van der Waals surface area contributed by atoms with E-state index in [2.05, 4.69) is 32.6 Å². The number of benzene rings is 1. The molecule has 0 radical (unpaired) electrons. The van der Waals surface area contributed by atoms with Crippen molar-refractivity contribution in [2.75, 3.05) is 19.0 Å². The Kier molecular flexibility index (Phi) is 4.96. The van der Waals surface area contributed by atoms with Gasteiger partial charge in [-0.3, -0.25) is 4.79 Å². The molecule has 32 heavy (non-hydrogen) atoms. The Labute approximate surface area is 184 Å². The fourth-order valence-electron chi connectivity index (χ4n) is 3.92. The van der Waals surface area contributed by atoms with Gasteiger partial charge in [-0.25, -0.2) is 0 Å². The second-order valence-electron chi connectivity index (χ2n) is 7.63. The van der Waals surface area contributed by atoms with Gasteiger partial charge >= 0.3 is 0 Å². The monoisotopic (exact) mass is 433 g/mol. The largest absolute Gasteiger partial charge is 0.493 e. The number of rotatable bonds is 6. The van der Waals surface area contributed by atoms with Crippen molar-refractivity contribution in [1.82, 2.24) is 29.6 Å². The first-order chi connectivity index (χ1) is 15.6. The van der Waals surface area contributed by atoms with Gasteiger partial charge in [-0.1, -0.05) is 13.0 Å². The minimum absolute atomic E-state index is 0.0870. The van der Waals surface area contributed by atoms with E-state index in [9.17, 15) is 4.79 Å². The van der Waals surface area contributed by atoms with Crippen LogP contribution in [-0.4, -0.2) is 49.2 Å². The van der Waals surface area contributed by atoms with Crippen LogP contribution in [0.1, 0.15) is 42.6 Å². The lowest BCUT2D eigenvalue weighted by molar-refractivity contribution is -0.116. The van der Waals surface area contributed by atoms with Crippen LogP contribution >= 0.6 is 0 Å². The molecule has 10 heteroatoms. The zero-order chi connectivity index (χ0) is 22.2. The van der Waals surface area contributed by atoms with Gasteiger partial charge in [0.25, 0.3) is 0 Å². The number of amides is 1. The van der Waals surface area contributed by atoms with Crippen LogP contribution in [0.3, 0.4) is 0 Å². The Balaban J connectivity index is 1.55. The lowest BCUT2D eigenvalue weighted by atomic mass is 9.87. The van der Waals surface area contributed by atoms with Gasteiger partial charge in [0.15, 0.2) is 28.8 Å². The third-order valence-corrected chi connectivity index (χ3v) is 5.49. The highest BCUT2D eigenvalue weighted by atomic mass is 16.5. The van der Waals surface area contributed by atoms with E-state index in [4.69, 9.17) is 9.47 Å². The standard InChI is InChI=1S/C22H23N7O3/c1-4-9-32-17-6-5-14(10-18(17)31-3)15-11-21(30)24-22-16(15)12-23-29(22)20-8-7-19-26-25-13(2)28(19)27-20/h5-8,10,12,15H,4,9,11H2,1-3H3,(H,24,30). The summed E-state index contributed by atoms with van der Waals surface area (Å²) in [6.45, 7) is 4.49. The van der Waals surface area contributed by atoms with E-state index in [0.717, 1.165) is 17.5 Å². The Bertz CT molecular complexity index is 1310. The summed E-state index contributed by atoms with van der Waals surface area (Å²) in [6.07, 6.45) is 3.00. The van der Waals surface area contributed by atoms with E-state index in [-0.39, 0.29) is 11.8 Å². The highest BCUT2D eigenvalue weighted by Crippen LogP contribution is 2.40. The molecule has 0 fully saturated rings. The maximum Gasteiger partial charge on any atom is 0.226 e. The summed E-state index contributed by atoms with van der Waals surface area (Å²) >= 11 is 0. The van der Waals surface area contributed by atoms with Crippen LogP contribution in [0.4, 0.5) is 5.82 Å². The molecular weight excluding hydrogens is 410 g/mol. The SMILES string of the molecule is CCCOc1ccc(C2CC(=O)Nc3c2cnn3-c2ccc3nnc(C)n3n2)cc1OC. The normalized spacial score (nSPS) is 15.5. The van der Waals surface area contributed by atoms with Gasteiger partial charge in [-0.2, -0.15) is 14.3 Å². The summed E-state index contributed by atoms with van der Waals surface area (Å²) in [4.78, 5) is 12.6. The third-order valence-electron chi connectivity index (χ3n) is 5.49. The number of carbonyl (C=O) groups is 1. The second-order valence-corrected chi connectivity index (χ2v) is 7.63. The van der Waals surface area contributed by atoms with Crippen molar-refractivity contribution in [2.24, 2.45) is 0 Å². The van der Waals surface area contributed by atoms with Crippen molar-refractivity contribution in [3.8, 4) is 17.3 Å². The van der Waals surface area contributed by atoms with Crippen molar-refractivity contribution in [3.63, 3.8) is 0 Å². The molecule has 0 bridgehead atoms. The lowest BCUT2D eigenvalue weighted by Gasteiger charge is -2.24. The molecule has 1 amide bonds. The number of nitrogens with one attached hydrogen (secondary N) is 1. The fourth-order valence-corrected chi connectivity index (χ4v) is 3.92. The molecule has 4 heterocycles. The molecule has 1 atom stereocenters. The van der Waals surface area contributed by atoms with Crippen LogP contribution in [0.25, 0.3) is 11.5 Å². The maximum absolute atomic E-state index is 12.6. The second kappa shape index (κ2) is 7.95. The molecule has 1 N–H and O–H groups in total. The minimum Gasteiger partial charge on any atom is -0.493 e. The number of nitrogens with zero attached hydrogens (tertiary/aromatic N) is 6. The molecule has 1 aliphatic heterocycles. The molecule has 4 aromatic rings. The first-order valence-electron chi connectivity index (χ1n) is 10.5.